The van der Waals surface area contributed by atoms with Gasteiger partial charge in [0.2, 0.25) is 0 Å². The van der Waals surface area contributed by atoms with Crippen molar-refractivity contribution in [1.82, 2.24) is 0 Å². The van der Waals surface area contributed by atoms with E-state index in [9.17, 15) is 17.2 Å². The molecule has 112 valence electrons. The topological polar surface area (TPSA) is 72.2 Å². The van der Waals surface area contributed by atoms with Crippen molar-refractivity contribution in [1.29, 1.82) is 0 Å². The summed E-state index contributed by atoms with van der Waals surface area (Å²) in [5.41, 5.74) is 5.53. The molecule has 0 spiro atoms. The van der Waals surface area contributed by atoms with E-state index in [1.165, 1.54) is 12.1 Å². The molecule has 0 bridgehead atoms. The molecular formula is C13H11BrF2N2O2S. The molecule has 0 unspecified atom stereocenters. The van der Waals surface area contributed by atoms with E-state index < -0.39 is 21.7 Å². The molecule has 0 saturated heterocycles. The lowest BCUT2D eigenvalue weighted by atomic mass is 10.2. The predicted molar refractivity (Wildman–Crippen MR) is 80.5 cm³/mol. The Kier molecular flexibility index (Phi) is 4.20. The lowest BCUT2D eigenvalue weighted by Gasteiger charge is -2.11. The Bertz CT molecular complexity index is 810. The van der Waals surface area contributed by atoms with E-state index in [0.29, 0.717) is 5.56 Å². The fraction of sp³-hybridized carbons (Fsp3) is 0.0769. The average Bonchev–Trinajstić information content (AvgIpc) is 2.37. The molecule has 0 aliphatic heterocycles. The van der Waals surface area contributed by atoms with Gasteiger partial charge in [0.1, 0.15) is 16.5 Å². The number of benzene rings is 2. The van der Waals surface area contributed by atoms with Crippen LogP contribution in [-0.4, -0.2) is 8.42 Å². The lowest BCUT2D eigenvalue weighted by Crippen LogP contribution is -2.14. The smallest absolute Gasteiger partial charge is 0.263 e. The summed E-state index contributed by atoms with van der Waals surface area (Å²) in [5.74, 6) is -1.27. The minimum absolute atomic E-state index is 0.0225. The van der Waals surface area contributed by atoms with Crippen molar-refractivity contribution in [2.45, 2.75) is 11.8 Å². The monoisotopic (exact) mass is 376 g/mol. The molecule has 0 atom stereocenters. The highest BCUT2D eigenvalue weighted by Gasteiger charge is 2.20. The minimum atomic E-state index is -4.02. The van der Waals surface area contributed by atoms with Crippen LogP contribution in [0.2, 0.25) is 0 Å². The van der Waals surface area contributed by atoms with Crippen molar-refractivity contribution >= 4 is 37.3 Å². The van der Waals surface area contributed by atoms with Crippen molar-refractivity contribution in [2.24, 2.45) is 0 Å². The van der Waals surface area contributed by atoms with Gasteiger partial charge in [0.25, 0.3) is 10.0 Å². The van der Waals surface area contributed by atoms with Gasteiger partial charge in [-0.1, -0.05) is 6.07 Å². The number of anilines is 2. The number of nitrogen functional groups attached to an aromatic ring is 1. The summed E-state index contributed by atoms with van der Waals surface area (Å²) in [4.78, 5) is -0.234. The molecule has 0 radical (unpaired) electrons. The fourth-order valence-corrected chi connectivity index (χ4v) is 3.72. The van der Waals surface area contributed by atoms with E-state index in [4.69, 9.17) is 5.73 Å². The van der Waals surface area contributed by atoms with Gasteiger partial charge in [-0.25, -0.2) is 17.2 Å². The zero-order valence-corrected chi connectivity index (χ0v) is 13.2. The molecule has 0 heterocycles. The van der Waals surface area contributed by atoms with Gasteiger partial charge in [-0.3, -0.25) is 4.72 Å². The first-order valence-electron chi connectivity index (χ1n) is 5.74. The minimum Gasteiger partial charge on any atom is -0.396 e. The quantitative estimate of drug-likeness (QED) is 0.806. The van der Waals surface area contributed by atoms with Crippen molar-refractivity contribution in [2.75, 3.05) is 10.5 Å². The molecule has 0 fully saturated rings. The summed E-state index contributed by atoms with van der Waals surface area (Å²) >= 11 is 2.97. The molecule has 0 aromatic heterocycles. The van der Waals surface area contributed by atoms with E-state index in [0.717, 1.165) is 18.2 Å². The third-order valence-corrected chi connectivity index (χ3v) is 5.10. The van der Waals surface area contributed by atoms with Crippen LogP contribution in [-0.2, 0) is 10.0 Å². The van der Waals surface area contributed by atoms with Crippen molar-refractivity contribution in [3.8, 4) is 0 Å². The Morgan fingerprint density at radius 3 is 2.43 bits per heavy atom. The Morgan fingerprint density at radius 1 is 1.14 bits per heavy atom. The summed E-state index contributed by atoms with van der Waals surface area (Å²) in [6.45, 7) is 1.56. The molecular weight excluding hydrogens is 366 g/mol. The van der Waals surface area contributed by atoms with Crippen LogP contribution in [0.25, 0.3) is 0 Å². The number of aryl methyl sites for hydroxylation is 1. The summed E-state index contributed by atoms with van der Waals surface area (Å²) in [6.07, 6.45) is 0. The van der Waals surface area contributed by atoms with Crippen molar-refractivity contribution < 1.29 is 17.2 Å². The first-order chi connectivity index (χ1) is 9.70. The number of halogens is 3. The van der Waals surface area contributed by atoms with Crippen LogP contribution in [0.4, 0.5) is 20.2 Å². The van der Waals surface area contributed by atoms with Crippen LogP contribution in [0.5, 0.6) is 0 Å². The number of hydrogen-bond acceptors (Lipinski definition) is 3. The Morgan fingerprint density at radius 2 is 1.81 bits per heavy atom. The SMILES string of the molecule is Cc1ccc(NS(=O)(=O)c2cc(N)c(F)cc2Br)cc1F. The van der Waals surface area contributed by atoms with Crippen molar-refractivity contribution in [3.05, 3.63) is 52.0 Å². The van der Waals surface area contributed by atoms with Crippen LogP contribution in [0, 0.1) is 18.6 Å². The van der Waals surface area contributed by atoms with Gasteiger partial charge in [0.05, 0.1) is 11.4 Å². The van der Waals surface area contributed by atoms with Gasteiger partial charge in [0.15, 0.2) is 0 Å². The molecule has 4 nitrogen and oxygen atoms in total. The maximum absolute atomic E-state index is 13.4. The molecule has 8 heteroatoms. The zero-order valence-electron chi connectivity index (χ0n) is 10.8. The second kappa shape index (κ2) is 5.61. The van der Waals surface area contributed by atoms with Crippen LogP contribution in [0.1, 0.15) is 5.56 Å². The van der Waals surface area contributed by atoms with Crippen molar-refractivity contribution in [3.63, 3.8) is 0 Å². The average molecular weight is 377 g/mol. The first kappa shape index (κ1) is 15.7. The van der Waals surface area contributed by atoms with Gasteiger partial charge in [-0.05, 0) is 52.7 Å². The maximum atomic E-state index is 13.4. The molecule has 3 N–H and O–H groups in total. The molecule has 0 aliphatic rings. The number of sulfonamides is 1. The maximum Gasteiger partial charge on any atom is 0.263 e. The lowest BCUT2D eigenvalue weighted by molar-refractivity contribution is 0.599. The number of rotatable bonds is 3. The number of nitrogens with one attached hydrogen (secondary N) is 1. The van der Waals surface area contributed by atoms with Crippen LogP contribution >= 0.6 is 15.9 Å². The Balaban J connectivity index is 2.43. The Labute approximate surface area is 129 Å². The second-order valence-electron chi connectivity index (χ2n) is 4.37. The molecule has 21 heavy (non-hydrogen) atoms. The summed E-state index contributed by atoms with van der Waals surface area (Å²) in [7, 11) is -4.02. The predicted octanol–water partition coefficient (Wildman–Crippen LogP) is 3.42. The van der Waals surface area contributed by atoms with Gasteiger partial charge >= 0.3 is 0 Å². The summed E-state index contributed by atoms with van der Waals surface area (Å²) in [5, 5.41) is 0. The highest BCUT2D eigenvalue weighted by molar-refractivity contribution is 9.10. The van der Waals surface area contributed by atoms with Crippen LogP contribution in [0.3, 0.4) is 0 Å². The molecule has 2 aromatic rings. The van der Waals surface area contributed by atoms with Gasteiger partial charge in [-0.15, -0.1) is 0 Å². The third kappa shape index (κ3) is 3.33. The van der Waals surface area contributed by atoms with E-state index in [1.54, 1.807) is 6.92 Å². The van der Waals surface area contributed by atoms with E-state index in [2.05, 4.69) is 20.7 Å². The summed E-state index contributed by atoms with van der Waals surface area (Å²) in [6, 6.07) is 5.89. The van der Waals surface area contributed by atoms with Gasteiger partial charge < -0.3 is 5.73 Å². The van der Waals surface area contributed by atoms with E-state index in [1.807, 2.05) is 0 Å². The third-order valence-electron chi connectivity index (χ3n) is 2.76. The fourth-order valence-electron chi connectivity index (χ4n) is 1.62. The van der Waals surface area contributed by atoms with E-state index >= 15 is 0 Å². The molecule has 2 aromatic carbocycles. The zero-order chi connectivity index (χ0) is 15.8. The Hall–Kier alpha value is -1.67. The number of nitrogens with two attached hydrogens (primary N) is 1. The largest absolute Gasteiger partial charge is 0.396 e. The number of hydrogen-bond donors (Lipinski definition) is 2. The molecule has 0 saturated carbocycles. The molecule has 0 amide bonds. The van der Waals surface area contributed by atoms with Gasteiger partial charge in [0, 0.05) is 4.47 Å². The van der Waals surface area contributed by atoms with Gasteiger partial charge in [-0.2, -0.15) is 0 Å². The van der Waals surface area contributed by atoms with E-state index in [-0.39, 0.29) is 20.7 Å². The van der Waals surface area contributed by atoms with Crippen LogP contribution < -0.4 is 10.5 Å². The van der Waals surface area contributed by atoms with Crippen LogP contribution in [0.15, 0.2) is 39.7 Å². The first-order valence-corrected chi connectivity index (χ1v) is 8.02. The second-order valence-corrected chi connectivity index (χ2v) is 6.88. The summed E-state index contributed by atoms with van der Waals surface area (Å²) < 4.78 is 53.4. The normalized spacial score (nSPS) is 11.4. The highest BCUT2D eigenvalue weighted by atomic mass is 79.9. The standard InChI is InChI=1S/C13H11BrF2N2O2S/c1-7-2-3-8(4-10(7)15)18-21(19,20)13-6-12(17)11(16)5-9(13)14/h2-6,18H,17H2,1H3. The highest BCUT2D eigenvalue weighted by Crippen LogP contribution is 2.28. The molecule has 0 aliphatic carbocycles. The molecule has 2 rings (SSSR count).